The Balaban J connectivity index is 1.75. The van der Waals surface area contributed by atoms with Gasteiger partial charge in [0.25, 0.3) is 5.56 Å². The van der Waals surface area contributed by atoms with Crippen LogP contribution in [0, 0.1) is 5.82 Å². The largest absolute Gasteiger partial charge is 0.462 e. The molecule has 1 saturated heterocycles. The maximum absolute atomic E-state index is 13.6. The fraction of sp³-hybridized carbons (Fsp3) is 0.438. The first kappa shape index (κ1) is 20.7. The summed E-state index contributed by atoms with van der Waals surface area (Å²) < 4.78 is 31.7. The Bertz CT molecular complexity index is 960. The third-order valence-corrected chi connectivity index (χ3v) is 5.26. The van der Waals surface area contributed by atoms with Crippen LogP contribution >= 0.6 is 22.9 Å². The molecule has 0 saturated carbocycles. The Morgan fingerprint density at radius 3 is 2.93 bits per heavy atom. The highest BCUT2D eigenvalue weighted by Gasteiger charge is 2.38. The molecule has 0 aromatic carbocycles. The van der Waals surface area contributed by atoms with Crippen LogP contribution in [0.2, 0.25) is 4.34 Å². The number of hydrogen-bond acceptors (Lipinski definition) is 8. The Morgan fingerprint density at radius 1 is 1.46 bits per heavy atom. The highest BCUT2D eigenvalue weighted by Crippen LogP contribution is 2.31. The van der Waals surface area contributed by atoms with Gasteiger partial charge in [-0.1, -0.05) is 11.6 Å². The molecule has 0 unspecified atom stereocenters. The normalized spacial score (nSPS) is 21.8. The molecule has 2 aromatic rings. The number of hydrogen-bond donors (Lipinski definition) is 2. The number of carbonyl (C=O) groups is 1. The number of halogens is 2. The fourth-order valence-electron chi connectivity index (χ4n) is 2.72. The first-order valence-electron chi connectivity index (χ1n) is 8.25. The Labute approximate surface area is 166 Å². The van der Waals surface area contributed by atoms with E-state index in [0.29, 0.717) is 4.34 Å². The molecule has 3 N–H and O–H groups in total. The molecule has 0 aliphatic carbocycles. The van der Waals surface area contributed by atoms with Crippen molar-refractivity contribution in [3.05, 3.63) is 54.2 Å². The predicted octanol–water partition coefficient (Wildman–Crippen LogP) is 0.765. The molecule has 0 radical (unpaired) electrons. The molecule has 1 aliphatic heterocycles. The molecule has 152 valence electrons. The summed E-state index contributed by atoms with van der Waals surface area (Å²) in [6.45, 7) is -0.211. The fourth-order valence-corrected chi connectivity index (χ4v) is 3.73. The number of esters is 1. The highest BCUT2D eigenvalue weighted by molar-refractivity contribution is 7.16. The lowest BCUT2D eigenvalue weighted by Crippen LogP contribution is -2.34. The molecule has 1 fully saturated rings. The van der Waals surface area contributed by atoms with Gasteiger partial charge in [0, 0.05) is 11.3 Å². The van der Waals surface area contributed by atoms with Crippen LogP contribution in [0.4, 0.5) is 4.39 Å². The van der Waals surface area contributed by atoms with Crippen molar-refractivity contribution in [2.24, 2.45) is 5.73 Å². The van der Waals surface area contributed by atoms with Gasteiger partial charge in [0.15, 0.2) is 0 Å². The van der Waals surface area contributed by atoms with E-state index < -0.39 is 41.5 Å². The lowest BCUT2D eigenvalue weighted by Gasteiger charge is -2.18. The van der Waals surface area contributed by atoms with Crippen LogP contribution in [-0.4, -0.2) is 40.9 Å². The van der Waals surface area contributed by atoms with Crippen molar-refractivity contribution in [2.45, 2.75) is 31.5 Å². The van der Waals surface area contributed by atoms with Gasteiger partial charge in [-0.3, -0.25) is 19.1 Å². The lowest BCUT2D eigenvalue weighted by atomic mass is 10.2. The van der Waals surface area contributed by atoms with Gasteiger partial charge < -0.3 is 19.9 Å². The first-order chi connectivity index (χ1) is 13.4. The maximum atomic E-state index is 13.6. The second kappa shape index (κ2) is 8.97. The van der Waals surface area contributed by atoms with Crippen molar-refractivity contribution >= 4 is 28.9 Å². The molecular weight excluding hydrogens is 417 g/mol. The molecule has 2 aromatic heterocycles. The number of ether oxygens (including phenoxy) is 3. The second-order valence-corrected chi connectivity index (χ2v) is 7.75. The average molecular weight is 434 g/mol. The highest BCUT2D eigenvalue weighted by atomic mass is 35.5. The summed E-state index contributed by atoms with van der Waals surface area (Å²) in [7, 11) is 0. The number of thiophene rings is 1. The average Bonchev–Trinajstić information content (AvgIpc) is 3.26. The molecule has 9 nitrogen and oxygen atoms in total. The lowest BCUT2D eigenvalue weighted by molar-refractivity contribution is -0.149. The number of nitrogens with one attached hydrogen (secondary N) is 1. The number of carbonyl (C=O) groups excluding carboxylic acids is 1. The summed E-state index contributed by atoms with van der Waals surface area (Å²) in [5, 5.41) is 0. The number of aromatic nitrogens is 2. The summed E-state index contributed by atoms with van der Waals surface area (Å²) in [4.78, 5) is 37.3. The van der Waals surface area contributed by atoms with Crippen LogP contribution in [-0.2, 0) is 25.6 Å². The maximum Gasteiger partial charge on any atom is 0.330 e. The van der Waals surface area contributed by atoms with Crippen LogP contribution < -0.4 is 17.0 Å². The van der Waals surface area contributed by atoms with Gasteiger partial charge in [-0.2, -0.15) is 4.39 Å². The summed E-state index contributed by atoms with van der Waals surface area (Å²) in [5.41, 5.74) is 3.28. The Hall–Kier alpha value is -2.05. The van der Waals surface area contributed by atoms with Crippen molar-refractivity contribution < 1.29 is 23.4 Å². The minimum Gasteiger partial charge on any atom is -0.462 e. The van der Waals surface area contributed by atoms with Gasteiger partial charge in [0.2, 0.25) is 5.82 Å². The summed E-state index contributed by atoms with van der Waals surface area (Å²) in [6, 6.07) is 3.55. The molecule has 3 heterocycles. The summed E-state index contributed by atoms with van der Waals surface area (Å²) >= 11 is 7.25. The molecule has 0 bridgehead atoms. The van der Waals surface area contributed by atoms with Crippen LogP contribution in [0.15, 0.2) is 27.9 Å². The van der Waals surface area contributed by atoms with Crippen molar-refractivity contribution in [3.8, 4) is 0 Å². The van der Waals surface area contributed by atoms with Gasteiger partial charge in [0.1, 0.15) is 18.9 Å². The molecule has 28 heavy (non-hydrogen) atoms. The first-order valence-corrected chi connectivity index (χ1v) is 9.44. The number of rotatable bonds is 7. The van der Waals surface area contributed by atoms with Crippen molar-refractivity contribution in [1.29, 1.82) is 0 Å². The van der Waals surface area contributed by atoms with Crippen molar-refractivity contribution in [2.75, 3.05) is 13.2 Å². The van der Waals surface area contributed by atoms with Gasteiger partial charge in [-0.25, -0.2) is 4.79 Å². The second-order valence-electron chi connectivity index (χ2n) is 5.95. The van der Waals surface area contributed by atoms with Gasteiger partial charge in [-0.05, 0) is 12.1 Å². The number of nitrogens with two attached hydrogens (primary N) is 1. The molecule has 0 amide bonds. The van der Waals surface area contributed by atoms with E-state index in [1.165, 1.54) is 11.3 Å². The molecule has 0 spiro atoms. The molecule has 1 aliphatic rings. The van der Waals surface area contributed by atoms with E-state index in [2.05, 4.69) is 0 Å². The van der Waals surface area contributed by atoms with Crippen molar-refractivity contribution in [1.82, 2.24) is 9.55 Å². The van der Waals surface area contributed by atoms with E-state index in [1.807, 2.05) is 11.1 Å². The SMILES string of the molecule is NCC(=O)OC[C@H]1O[C@@H](n2cc(F)c(=O)[nH]c2=O)C[C@@H]1OCc1ccc(Cl)s1. The Morgan fingerprint density at radius 2 is 2.25 bits per heavy atom. The zero-order chi connectivity index (χ0) is 20.3. The van der Waals surface area contributed by atoms with Crippen LogP contribution in [0.3, 0.4) is 0 Å². The minimum atomic E-state index is -1.12. The quantitative estimate of drug-likeness (QED) is 0.617. The van der Waals surface area contributed by atoms with E-state index in [0.717, 1.165) is 15.6 Å². The minimum absolute atomic E-state index is 0.150. The van der Waals surface area contributed by atoms with E-state index in [-0.39, 0.29) is 26.2 Å². The smallest absolute Gasteiger partial charge is 0.330 e. The summed E-state index contributed by atoms with van der Waals surface area (Å²) in [5.74, 6) is -1.74. The number of nitrogens with zero attached hydrogens (tertiary/aromatic N) is 1. The van der Waals surface area contributed by atoms with Gasteiger partial charge in [0.05, 0.1) is 29.8 Å². The van der Waals surface area contributed by atoms with Gasteiger partial charge >= 0.3 is 11.7 Å². The molecular formula is C16H17ClFN3O6S. The van der Waals surface area contributed by atoms with E-state index in [1.54, 1.807) is 6.07 Å². The summed E-state index contributed by atoms with van der Waals surface area (Å²) in [6.07, 6.45) is -1.22. The van der Waals surface area contributed by atoms with Crippen LogP contribution in [0.5, 0.6) is 0 Å². The van der Waals surface area contributed by atoms with E-state index in [4.69, 9.17) is 31.5 Å². The third kappa shape index (κ3) is 4.86. The predicted molar refractivity (Wildman–Crippen MR) is 97.7 cm³/mol. The zero-order valence-electron chi connectivity index (χ0n) is 14.4. The molecule has 3 atom stereocenters. The van der Waals surface area contributed by atoms with E-state index in [9.17, 15) is 18.8 Å². The standard InChI is InChI=1S/C16H17ClFN3O6S/c17-12-2-1-8(28-12)6-25-10-3-13(27-11(10)7-26-14(22)4-19)21-5-9(18)15(23)20-16(21)24/h1-2,5,10-11,13H,3-4,6-7,19H2,(H,20,23,24)/t10-,11+,13+/m0/s1. The third-order valence-electron chi connectivity index (χ3n) is 4.06. The van der Waals surface area contributed by atoms with Gasteiger partial charge in [-0.15, -0.1) is 11.3 Å². The number of aromatic amines is 1. The molecule has 3 rings (SSSR count). The Kier molecular flexibility index (Phi) is 6.62. The molecule has 12 heteroatoms. The van der Waals surface area contributed by atoms with E-state index >= 15 is 0 Å². The van der Waals surface area contributed by atoms with Crippen LogP contribution in [0.1, 0.15) is 17.5 Å². The van der Waals surface area contributed by atoms with Crippen LogP contribution in [0.25, 0.3) is 0 Å². The zero-order valence-corrected chi connectivity index (χ0v) is 16.0. The topological polar surface area (TPSA) is 126 Å². The van der Waals surface area contributed by atoms with Crippen molar-refractivity contribution in [3.63, 3.8) is 0 Å². The monoisotopic (exact) mass is 433 g/mol. The number of H-pyrrole nitrogens is 1.